The molecule has 3 rings (SSSR count). The lowest BCUT2D eigenvalue weighted by atomic mass is 9.90. The Hall–Kier alpha value is -2.15. The van der Waals surface area contributed by atoms with Gasteiger partial charge in [-0.05, 0) is 18.1 Å². The average molecular weight is 292 g/mol. The van der Waals surface area contributed by atoms with Crippen LogP contribution in [0.15, 0.2) is 60.7 Å². The Morgan fingerprint density at radius 3 is 2.41 bits per heavy atom. The summed E-state index contributed by atoms with van der Waals surface area (Å²) in [5.74, 6) is 0. The van der Waals surface area contributed by atoms with Crippen molar-refractivity contribution in [3.8, 4) is 6.07 Å². The first-order chi connectivity index (χ1) is 10.7. The molecule has 1 saturated heterocycles. The van der Waals surface area contributed by atoms with Crippen molar-refractivity contribution in [3.63, 3.8) is 0 Å². The van der Waals surface area contributed by atoms with Crippen molar-refractivity contribution >= 4 is 0 Å². The minimum Gasteiger partial charge on any atom is -0.364 e. The predicted molar refractivity (Wildman–Crippen MR) is 86.0 cm³/mol. The van der Waals surface area contributed by atoms with Crippen LogP contribution in [0, 0.1) is 11.3 Å². The Labute approximate surface area is 131 Å². The first-order valence-electron chi connectivity index (χ1n) is 7.57. The van der Waals surface area contributed by atoms with Crippen molar-refractivity contribution in [2.24, 2.45) is 0 Å². The minimum atomic E-state index is -0.585. The Bertz CT molecular complexity index is 650. The molecule has 0 N–H and O–H groups in total. The largest absolute Gasteiger partial charge is 0.364 e. The summed E-state index contributed by atoms with van der Waals surface area (Å²) in [4.78, 5) is 2.18. The van der Waals surface area contributed by atoms with Crippen LogP contribution in [-0.2, 0) is 11.2 Å². The molecule has 0 amide bonds. The molecule has 3 heteroatoms. The highest BCUT2D eigenvalue weighted by Crippen LogP contribution is 2.34. The second kappa shape index (κ2) is 6.31. The van der Waals surface area contributed by atoms with Crippen LogP contribution in [0.3, 0.4) is 0 Å². The molecule has 1 fully saturated rings. The van der Waals surface area contributed by atoms with E-state index >= 15 is 0 Å². The first kappa shape index (κ1) is 14.8. The zero-order valence-corrected chi connectivity index (χ0v) is 12.8. The third kappa shape index (κ3) is 2.89. The molecule has 2 aromatic rings. The Balaban J connectivity index is 1.87. The molecule has 0 saturated carbocycles. The van der Waals surface area contributed by atoms with Gasteiger partial charge in [0.25, 0.3) is 0 Å². The Kier molecular flexibility index (Phi) is 4.24. The summed E-state index contributed by atoms with van der Waals surface area (Å²) >= 11 is 0. The number of nitriles is 1. The maximum absolute atomic E-state index is 9.82. The maximum Gasteiger partial charge on any atom is 0.112 e. The normalized spacial score (nSPS) is 21.2. The van der Waals surface area contributed by atoms with Crippen molar-refractivity contribution in [1.29, 1.82) is 5.26 Å². The summed E-state index contributed by atoms with van der Waals surface area (Å²) in [7, 11) is 0. The molecule has 0 spiro atoms. The fourth-order valence-corrected chi connectivity index (χ4v) is 3.08. The molecule has 2 atom stereocenters. The lowest BCUT2D eigenvalue weighted by molar-refractivity contribution is 0.0804. The summed E-state index contributed by atoms with van der Waals surface area (Å²) in [5, 5.41) is 9.82. The lowest BCUT2D eigenvalue weighted by Crippen LogP contribution is -2.46. The summed E-state index contributed by atoms with van der Waals surface area (Å²) in [5.41, 5.74) is 1.79. The van der Waals surface area contributed by atoms with Crippen molar-refractivity contribution < 1.29 is 4.74 Å². The van der Waals surface area contributed by atoms with Crippen LogP contribution in [-0.4, -0.2) is 23.8 Å². The molecule has 0 radical (unpaired) electrons. The fourth-order valence-electron chi connectivity index (χ4n) is 3.08. The Morgan fingerprint density at radius 2 is 1.77 bits per heavy atom. The molecule has 2 unspecified atom stereocenters. The van der Waals surface area contributed by atoms with Gasteiger partial charge in [-0.25, -0.2) is 0 Å². The molecular formula is C19H20N2O. The van der Waals surface area contributed by atoms with Gasteiger partial charge in [0.2, 0.25) is 0 Å². The smallest absolute Gasteiger partial charge is 0.112 e. The summed E-state index contributed by atoms with van der Waals surface area (Å²) < 4.78 is 5.68. The monoisotopic (exact) mass is 292 g/mol. The van der Waals surface area contributed by atoms with E-state index in [0.717, 1.165) is 0 Å². The van der Waals surface area contributed by atoms with Gasteiger partial charge in [0.1, 0.15) is 12.3 Å². The standard InChI is InChI=1S/C19H20N2O/c1-19(14-20,12-16-8-4-2-5-9-16)21-15-22-13-18(21)17-10-6-3-7-11-17/h2-11,18H,12-13,15H2,1H3. The van der Waals surface area contributed by atoms with E-state index in [-0.39, 0.29) is 6.04 Å². The molecule has 1 aliphatic rings. The number of nitrogens with zero attached hydrogens (tertiary/aromatic N) is 2. The fraction of sp³-hybridized carbons (Fsp3) is 0.316. The van der Waals surface area contributed by atoms with E-state index in [0.29, 0.717) is 19.8 Å². The number of hydrogen-bond acceptors (Lipinski definition) is 3. The van der Waals surface area contributed by atoms with Crippen molar-refractivity contribution in [1.82, 2.24) is 4.90 Å². The van der Waals surface area contributed by atoms with Gasteiger partial charge in [-0.3, -0.25) is 4.90 Å². The highest BCUT2D eigenvalue weighted by molar-refractivity contribution is 5.25. The number of hydrogen-bond donors (Lipinski definition) is 0. The van der Waals surface area contributed by atoms with Gasteiger partial charge in [-0.2, -0.15) is 5.26 Å². The van der Waals surface area contributed by atoms with Crippen LogP contribution in [0.5, 0.6) is 0 Å². The van der Waals surface area contributed by atoms with Crippen LogP contribution < -0.4 is 0 Å². The topological polar surface area (TPSA) is 36.3 Å². The van der Waals surface area contributed by atoms with Crippen LogP contribution in [0.4, 0.5) is 0 Å². The van der Waals surface area contributed by atoms with Crippen molar-refractivity contribution in [3.05, 3.63) is 71.8 Å². The first-order valence-corrected chi connectivity index (χ1v) is 7.57. The van der Waals surface area contributed by atoms with E-state index in [1.54, 1.807) is 0 Å². The van der Waals surface area contributed by atoms with Gasteiger partial charge in [-0.15, -0.1) is 0 Å². The second-order valence-electron chi connectivity index (χ2n) is 5.94. The molecule has 112 valence electrons. The molecule has 3 nitrogen and oxygen atoms in total. The van der Waals surface area contributed by atoms with Crippen LogP contribution in [0.1, 0.15) is 24.1 Å². The van der Waals surface area contributed by atoms with Gasteiger partial charge < -0.3 is 4.74 Å². The highest BCUT2D eigenvalue weighted by atomic mass is 16.5. The zero-order valence-electron chi connectivity index (χ0n) is 12.8. The predicted octanol–water partition coefficient (Wildman–Crippen LogP) is 3.54. The van der Waals surface area contributed by atoms with Gasteiger partial charge >= 0.3 is 0 Å². The summed E-state index contributed by atoms with van der Waals surface area (Å²) in [6.45, 7) is 3.14. The summed E-state index contributed by atoms with van der Waals surface area (Å²) in [6, 6.07) is 23.1. The van der Waals surface area contributed by atoms with Gasteiger partial charge in [0.05, 0.1) is 18.7 Å². The van der Waals surface area contributed by atoms with E-state index < -0.39 is 5.54 Å². The molecule has 22 heavy (non-hydrogen) atoms. The molecule has 0 aromatic heterocycles. The maximum atomic E-state index is 9.82. The van der Waals surface area contributed by atoms with Gasteiger partial charge in [0, 0.05) is 6.42 Å². The van der Waals surface area contributed by atoms with Crippen molar-refractivity contribution in [2.45, 2.75) is 24.9 Å². The average Bonchev–Trinajstić information content (AvgIpc) is 3.07. The number of ether oxygens (including phenoxy) is 1. The van der Waals surface area contributed by atoms with E-state index in [2.05, 4.69) is 35.2 Å². The van der Waals surface area contributed by atoms with E-state index in [1.165, 1.54) is 11.1 Å². The molecule has 1 heterocycles. The van der Waals surface area contributed by atoms with Crippen LogP contribution in [0.25, 0.3) is 0 Å². The third-order valence-electron chi connectivity index (χ3n) is 4.33. The molecule has 0 aliphatic carbocycles. The number of rotatable bonds is 4. The van der Waals surface area contributed by atoms with Crippen LogP contribution >= 0.6 is 0 Å². The van der Waals surface area contributed by atoms with Gasteiger partial charge in [0.15, 0.2) is 0 Å². The quantitative estimate of drug-likeness (QED) is 0.864. The lowest BCUT2D eigenvalue weighted by Gasteiger charge is -2.36. The zero-order chi connectivity index (χ0) is 15.4. The van der Waals surface area contributed by atoms with E-state index in [4.69, 9.17) is 4.74 Å². The molecule has 2 aromatic carbocycles. The highest BCUT2D eigenvalue weighted by Gasteiger charge is 2.41. The summed E-state index contributed by atoms with van der Waals surface area (Å²) in [6.07, 6.45) is 0.692. The van der Waals surface area contributed by atoms with E-state index in [1.807, 2.05) is 43.3 Å². The van der Waals surface area contributed by atoms with Crippen molar-refractivity contribution in [2.75, 3.05) is 13.3 Å². The Morgan fingerprint density at radius 1 is 1.14 bits per heavy atom. The van der Waals surface area contributed by atoms with E-state index in [9.17, 15) is 5.26 Å². The second-order valence-corrected chi connectivity index (χ2v) is 5.94. The SMILES string of the molecule is CC(C#N)(Cc1ccccc1)N1COCC1c1ccccc1. The van der Waals surface area contributed by atoms with Crippen LogP contribution in [0.2, 0.25) is 0 Å². The minimum absolute atomic E-state index is 0.134. The molecular weight excluding hydrogens is 272 g/mol. The molecule has 1 aliphatic heterocycles. The number of benzene rings is 2. The van der Waals surface area contributed by atoms with Gasteiger partial charge in [-0.1, -0.05) is 60.7 Å². The molecule has 0 bridgehead atoms. The third-order valence-corrected chi connectivity index (χ3v) is 4.33.